The van der Waals surface area contributed by atoms with Crippen molar-refractivity contribution in [2.24, 2.45) is 5.73 Å². The van der Waals surface area contributed by atoms with Gasteiger partial charge in [0.25, 0.3) is 0 Å². The molecule has 0 bridgehead atoms. The summed E-state index contributed by atoms with van der Waals surface area (Å²) in [5.41, 5.74) is 5.49. The van der Waals surface area contributed by atoms with E-state index < -0.39 is 0 Å². The van der Waals surface area contributed by atoms with Crippen molar-refractivity contribution >= 4 is 0 Å². The zero-order valence-corrected chi connectivity index (χ0v) is 6.08. The van der Waals surface area contributed by atoms with E-state index in [9.17, 15) is 0 Å². The van der Waals surface area contributed by atoms with Gasteiger partial charge in [-0.1, -0.05) is 6.92 Å². The first-order valence-corrected chi connectivity index (χ1v) is 3.47. The van der Waals surface area contributed by atoms with Crippen molar-refractivity contribution < 1.29 is 4.42 Å². The standard InChI is InChI=1S/C7H12N2O/c1-2-6(3-8)7-4-9-5-10-7/h4-6H,2-3,8H2,1H3. The third-order valence-electron chi connectivity index (χ3n) is 1.63. The molecule has 10 heavy (non-hydrogen) atoms. The van der Waals surface area contributed by atoms with Gasteiger partial charge >= 0.3 is 0 Å². The van der Waals surface area contributed by atoms with Gasteiger partial charge in [-0.25, -0.2) is 4.98 Å². The summed E-state index contributed by atoms with van der Waals surface area (Å²) < 4.78 is 5.09. The number of hydrogen-bond donors (Lipinski definition) is 1. The van der Waals surface area contributed by atoms with Gasteiger partial charge in [-0.05, 0) is 6.42 Å². The molecule has 3 heteroatoms. The summed E-state index contributed by atoms with van der Waals surface area (Å²) in [6.07, 6.45) is 4.17. The molecule has 0 saturated heterocycles. The molecule has 2 N–H and O–H groups in total. The van der Waals surface area contributed by atoms with Crippen molar-refractivity contribution in [1.82, 2.24) is 4.98 Å². The lowest BCUT2D eigenvalue weighted by Crippen LogP contribution is -2.10. The van der Waals surface area contributed by atoms with E-state index in [0.29, 0.717) is 12.5 Å². The van der Waals surface area contributed by atoms with E-state index in [1.54, 1.807) is 6.20 Å². The number of rotatable bonds is 3. The second-order valence-electron chi connectivity index (χ2n) is 2.24. The van der Waals surface area contributed by atoms with Gasteiger partial charge in [0.05, 0.1) is 6.20 Å². The Morgan fingerprint density at radius 1 is 1.80 bits per heavy atom. The van der Waals surface area contributed by atoms with Crippen LogP contribution in [-0.4, -0.2) is 11.5 Å². The van der Waals surface area contributed by atoms with E-state index in [2.05, 4.69) is 11.9 Å². The third-order valence-corrected chi connectivity index (χ3v) is 1.63. The Kier molecular flexibility index (Phi) is 2.45. The molecule has 0 radical (unpaired) electrons. The highest BCUT2D eigenvalue weighted by Gasteiger charge is 2.09. The van der Waals surface area contributed by atoms with Gasteiger partial charge in [0.1, 0.15) is 5.76 Å². The molecule has 1 aromatic heterocycles. The predicted molar refractivity (Wildman–Crippen MR) is 38.6 cm³/mol. The van der Waals surface area contributed by atoms with E-state index in [1.807, 2.05) is 0 Å². The molecular formula is C7H12N2O. The second-order valence-corrected chi connectivity index (χ2v) is 2.24. The largest absolute Gasteiger partial charge is 0.448 e. The van der Waals surface area contributed by atoms with Crippen LogP contribution in [0, 0.1) is 0 Å². The van der Waals surface area contributed by atoms with Crippen LogP contribution in [0.15, 0.2) is 17.0 Å². The average Bonchev–Trinajstić information content (AvgIpc) is 2.43. The Bertz CT molecular complexity index is 168. The Labute approximate surface area is 60.2 Å². The fourth-order valence-corrected chi connectivity index (χ4v) is 0.911. The monoisotopic (exact) mass is 140 g/mol. The van der Waals surface area contributed by atoms with E-state index in [1.165, 1.54) is 6.39 Å². The average molecular weight is 140 g/mol. The SMILES string of the molecule is CCC(CN)c1cnco1. The number of oxazole rings is 1. The highest BCUT2D eigenvalue weighted by molar-refractivity contribution is 4.98. The van der Waals surface area contributed by atoms with E-state index in [-0.39, 0.29) is 0 Å². The fraction of sp³-hybridized carbons (Fsp3) is 0.571. The molecule has 56 valence electrons. The minimum atomic E-state index is 0.336. The van der Waals surface area contributed by atoms with Crippen LogP contribution in [0.3, 0.4) is 0 Å². The quantitative estimate of drug-likeness (QED) is 0.684. The van der Waals surface area contributed by atoms with Crippen LogP contribution in [0.25, 0.3) is 0 Å². The molecule has 0 aliphatic heterocycles. The molecule has 0 fully saturated rings. The normalized spacial score (nSPS) is 13.4. The maximum absolute atomic E-state index is 5.49. The van der Waals surface area contributed by atoms with E-state index in [4.69, 9.17) is 10.2 Å². The summed E-state index contributed by atoms with van der Waals surface area (Å²) in [5.74, 6) is 1.23. The summed E-state index contributed by atoms with van der Waals surface area (Å²) >= 11 is 0. The fourth-order valence-electron chi connectivity index (χ4n) is 0.911. The van der Waals surface area contributed by atoms with Gasteiger partial charge in [-0.3, -0.25) is 0 Å². The molecule has 0 spiro atoms. The van der Waals surface area contributed by atoms with Gasteiger partial charge in [-0.2, -0.15) is 0 Å². The molecule has 0 aliphatic rings. The third kappa shape index (κ3) is 1.36. The number of nitrogens with two attached hydrogens (primary N) is 1. The molecule has 1 heterocycles. The van der Waals surface area contributed by atoms with E-state index in [0.717, 1.165) is 12.2 Å². The topological polar surface area (TPSA) is 52.0 Å². The Hall–Kier alpha value is -0.830. The molecule has 0 amide bonds. The molecule has 1 unspecified atom stereocenters. The zero-order valence-electron chi connectivity index (χ0n) is 6.08. The van der Waals surface area contributed by atoms with Crippen LogP contribution in [-0.2, 0) is 0 Å². The molecular weight excluding hydrogens is 128 g/mol. The van der Waals surface area contributed by atoms with Crippen LogP contribution >= 0.6 is 0 Å². The van der Waals surface area contributed by atoms with Crippen molar-refractivity contribution in [3.63, 3.8) is 0 Å². The highest BCUT2D eigenvalue weighted by atomic mass is 16.3. The van der Waals surface area contributed by atoms with Crippen molar-refractivity contribution in [3.05, 3.63) is 18.4 Å². The number of nitrogens with zero attached hydrogens (tertiary/aromatic N) is 1. The lowest BCUT2D eigenvalue weighted by molar-refractivity contribution is 0.454. The van der Waals surface area contributed by atoms with Crippen molar-refractivity contribution in [2.75, 3.05) is 6.54 Å². The van der Waals surface area contributed by atoms with Gasteiger partial charge in [0.2, 0.25) is 0 Å². The molecule has 0 aliphatic carbocycles. The van der Waals surface area contributed by atoms with Crippen LogP contribution in [0.5, 0.6) is 0 Å². The van der Waals surface area contributed by atoms with Crippen LogP contribution < -0.4 is 5.73 Å². The highest BCUT2D eigenvalue weighted by Crippen LogP contribution is 2.16. The summed E-state index contributed by atoms with van der Waals surface area (Å²) in [6.45, 7) is 2.71. The van der Waals surface area contributed by atoms with Crippen molar-refractivity contribution in [3.8, 4) is 0 Å². The van der Waals surface area contributed by atoms with Crippen molar-refractivity contribution in [2.45, 2.75) is 19.3 Å². The van der Waals surface area contributed by atoms with Crippen LogP contribution in [0.4, 0.5) is 0 Å². The zero-order chi connectivity index (χ0) is 7.40. The molecule has 1 rings (SSSR count). The molecule has 0 aromatic carbocycles. The Morgan fingerprint density at radius 3 is 3.00 bits per heavy atom. The summed E-state index contributed by atoms with van der Waals surface area (Å²) in [4.78, 5) is 3.82. The molecule has 0 saturated carbocycles. The molecule has 1 atom stereocenters. The van der Waals surface area contributed by atoms with Gasteiger partial charge < -0.3 is 10.2 Å². The first-order valence-electron chi connectivity index (χ1n) is 3.47. The van der Waals surface area contributed by atoms with Crippen LogP contribution in [0.1, 0.15) is 25.0 Å². The van der Waals surface area contributed by atoms with Gasteiger partial charge in [0, 0.05) is 12.5 Å². The first kappa shape index (κ1) is 7.28. The maximum Gasteiger partial charge on any atom is 0.180 e. The Morgan fingerprint density at radius 2 is 2.60 bits per heavy atom. The smallest absolute Gasteiger partial charge is 0.180 e. The minimum absolute atomic E-state index is 0.336. The second kappa shape index (κ2) is 3.37. The lowest BCUT2D eigenvalue weighted by atomic mass is 10.1. The summed E-state index contributed by atoms with van der Waals surface area (Å²) in [5, 5.41) is 0. The lowest BCUT2D eigenvalue weighted by Gasteiger charge is -2.05. The van der Waals surface area contributed by atoms with Gasteiger partial charge in [-0.15, -0.1) is 0 Å². The molecule has 3 nitrogen and oxygen atoms in total. The van der Waals surface area contributed by atoms with Crippen LogP contribution in [0.2, 0.25) is 0 Å². The first-order chi connectivity index (χ1) is 4.88. The predicted octanol–water partition coefficient (Wildman–Crippen LogP) is 1.13. The Balaban J connectivity index is 2.64. The maximum atomic E-state index is 5.49. The van der Waals surface area contributed by atoms with Crippen molar-refractivity contribution in [1.29, 1.82) is 0 Å². The minimum Gasteiger partial charge on any atom is -0.448 e. The summed E-state index contributed by atoms with van der Waals surface area (Å²) in [6, 6.07) is 0. The summed E-state index contributed by atoms with van der Waals surface area (Å²) in [7, 11) is 0. The number of hydrogen-bond acceptors (Lipinski definition) is 3. The molecule has 1 aromatic rings. The van der Waals surface area contributed by atoms with Gasteiger partial charge in [0.15, 0.2) is 6.39 Å². The number of aromatic nitrogens is 1. The van der Waals surface area contributed by atoms with E-state index >= 15 is 0 Å².